The number of nitrogen functional groups attached to an aromatic ring is 1. The Morgan fingerprint density at radius 3 is 1.29 bits per heavy atom. The predicted octanol–water partition coefficient (Wildman–Crippen LogP) is 9.74. The lowest BCUT2D eigenvalue weighted by atomic mass is 10.2. The first kappa shape index (κ1) is 54.5. The lowest BCUT2D eigenvalue weighted by Crippen LogP contribution is -2.38. The third-order valence-corrected chi connectivity index (χ3v) is 8.85. The molecular weight excluding hydrogens is 949 g/mol. The number of nitro groups is 3. The number of hydrogen-bond acceptors (Lipinski definition) is 22. The molecular formula is C45H48N12O15. The largest absolute Gasteiger partial charge is 0.457 e. The van der Waals surface area contributed by atoms with E-state index in [1.807, 2.05) is 0 Å². The van der Waals surface area contributed by atoms with Gasteiger partial charge in [-0.25, -0.2) is 29.3 Å². The highest BCUT2D eigenvalue weighted by atomic mass is 16.6. The van der Waals surface area contributed by atoms with Gasteiger partial charge >= 0.3 is 18.3 Å². The molecule has 72 heavy (non-hydrogen) atoms. The molecule has 3 heterocycles. The second-order valence-corrected chi connectivity index (χ2v) is 13.6. The molecule has 27 nitrogen and oxygen atoms in total. The van der Waals surface area contributed by atoms with Crippen LogP contribution in [0.4, 0.5) is 66.0 Å². The second-order valence-electron chi connectivity index (χ2n) is 13.6. The maximum Gasteiger partial charge on any atom is 0.425 e. The lowest BCUT2D eigenvalue weighted by molar-refractivity contribution is -0.384. The van der Waals surface area contributed by atoms with Crippen LogP contribution in [0.15, 0.2) is 110 Å². The summed E-state index contributed by atoms with van der Waals surface area (Å²) in [5, 5.41) is 43.8. The highest BCUT2D eigenvalue weighted by Crippen LogP contribution is 2.34. The Hall–Kier alpha value is -10.1. The molecule has 3 aromatic carbocycles. The molecule has 0 aliphatic rings. The molecule has 3 aromatic heterocycles. The fourth-order valence-corrected chi connectivity index (χ4v) is 5.75. The molecule has 3 amide bonds. The van der Waals surface area contributed by atoms with Crippen molar-refractivity contribution in [1.82, 2.24) is 15.0 Å². The van der Waals surface area contributed by atoms with Crippen molar-refractivity contribution in [2.75, 3.05) is 72.9 Å². The van der Waals surface area contributed by atoms with E-state index >= 15 is 0 Å². The summed E-state index contributed by atoms with van der Waals surface area (Å²) in [7, 11) is 4.78. The second kappa shape index (κ2) is 27.1. The smallest absolute Gasteiger partial charge is 0.425 e. The fraction of sp³-hybridized carbons (Fsp3) is 0.200. The molecule has 27 heteroatoms. The Balaban J connectivity index is 0.000000239. The zero-order valence-corrected chi connectivity index (χ0v) is 39.3. The van der Waals surface area contributed by atoms with E-state index in [0.29, 0.717) is 45.0 Å². The number of nitro benzene ring substituents is 3. The molecule has 0 fully saturated rings. The number of imide groups is 1. The molecule has 0 bridgehead atoms. The van der Waals surface area contributed by atoms with Crippen LogP contribution in [0.5, 0.6) is 34.5 Å². The van der Waals surface area contributed by atoms with Crippen molar-refractivity contribution < 1.29 is 57.6 Å². The summed E-state index contributed by atoms with van der Waals surface area (Å²) in [6, 6.07) is 22.3. The molecule has 0 saturated heterocycles. The van der Waals surface area contributed by atoms with Crippen LogP contribution in [-0.4, -0.2) is 89.0 Å². The molecule has 0 radical (unpaired) electrons. The van der Waals surface area contributed by atoms with Gasteiger partial charge in [-0.3, -0.25) is 35.7 Å². The van der Waals surface area contributed by atoms with E-state index in [2.05, 4.69) is 36.2 Å². The van der Waals surface area contributed by atoms with Crippen molar-refractivity contribution in [1.29, 1.82) is 0 Å². The monoisotopic (exact) mass is 996 g/mol. The molecule has 6 aromatic rings. The Bertz CT molecular complexity index is 2860. The van der Waals surface area contributed by atoms with Crippen molar-refractivity contribution in [3.05, 3.63) is 140 Å². The topological polar surface area (TPSA) is 352 Å². The van der Waals surface area contributed by atoms with Crippen LogP contribution in [0.25, 0.3) is 0 Å². The summed E-state index contributed by atoms with van der Waals surface area (Å²) in [4.78, 5) is 79.8. The average molecular weight is 997 g/mol. The van der Waals surface area contributed by atoms with E-state index in [1.165, 1.54) is 73.2 Å². The minimum Gasteiger partial charge on any atom is -0.457 e. The first-order valence-electron chi connectivity index (χ1n) is 21.2. The molecule has 378 valence electrons. The molecule has 0 atom stereocenters. The Labute approximate surface area is 409 Å². The minimum atomic E-state index is -0.954. The van der Waals surface area contributed by atoms with E-state index in [1.54, 1.807) is 78.3 Å². The van der Waals surface area contributed by atoms with Crippen LogP contribution in [0, 0.1) is 30.3 Å². The van der Waals surface area contributed by atoms with Crippen LogP contribution in [0.3, 0.4) is 0 Å². The molecule has 0 aliphatic carbocycles. The molecule has 0 aliphatic heterocycles. The number of nitrogens with zero attached hydrogens (tertiary/aromatic N) is 7. The fourth-order valence-electron chi connectivity index (χ4n) is 5.75. The normalized spacial score (nSPS) is 9.97. The molecule has 0 saturated carbocycles. The number of carbonyl (C=O) groups is 3. The number of benzene rings is 3. The highest BCUT2D eigenvalue weighted by Gasteiger charge is 2.28. The number of hydrogen-bond donors (Lipinski definition) is 5. The van der Waals surface area contributed by atoms with E-state index in [-0.39, 0.29) is 65.8 Å². The van der Waals surface area contributed by atoms with Gasteiger partial charge in [-0.1, -0.05) is 0 Å². The Morgan fingerprint density at radius 2 is 0.903 bits per heavy atom. The van der Waals surface area contributed by atoms with Gasteiger partial charge < -0.3 is 50.1 Å². The Kier molecular flexibility index (Phi) is 20.5. The predicted molar refractivity (Wildman–Crippen MR) is 262 cm³/mol. The van der Waals surface area contributed by atoms with Crippen molar-refractivity contribution in [2.45, 2.75) is 20.8 Å². The summed E-state index contributed by atoms with van der Waals surface area (Å²) >= 11 is 0. The van der Waals surface area contributed by atoms with Crippen molar-refractivity contribution in [2.24, 2.45) is 0 Å². The maximum absolute atomic E-state index is 12.2. The maximum atomic E-state index is 12.2. The third-order valence-electron chi connectivity index (χ3n) is 8.85. The van der Waals surface area contributed by atoms with Gasteiger partial charge in [0.25, 0.3) is 17.1 Å². The number of anilines is 6. The molecule has 0 spiro atoms. The molecule has 6 rings (SSSR count). The van der Waals surface area contributed by atoms with Gasteiger partial charge in [-0.2, -0.15) is 4.90 Å². The molecule has 6 N–H and O–H groups in total. The van der Waals surface area contributed by atoms with Gasteiger partial charge in [-0.05, 0) is 75.4 Å². The summed E-state index contributed by atoms with van der Waals surface area (Å²) in [5.74, 6) is 2.34. The number of amides is 3. The van der Waals surface area contributed by atoms with E-state index in [9.17, 15) is 44.7 Å². The van der Waals surface area contributed by atoms with Crippen LogP contribution < -0.4 is 46.1 Å². The highest BCUT2D eigenvalue weighted by molar-refractivity contribution is 6.08. The van der Waals surface area contributed by atoms with Gasteiger partial charge in [0.1, 0.15) is 63.2 Å². The summed E-state index contributed by atoms with van der Waals surface area (Å²) in [6.07, 6.45) is 1.71. The van der Waals surface area contributed by atoms with Crippen LogP contribution in [0.2, 0.25) is 0 Å². The zero-order valence-electron chi connectivity index (χ0n) is 39.3. The standard InChI is InChI=1S/C18H20N4O7.C15H16N4O5.C12H12N4O3/c1-4-27-17(23)21(18(24)28-5-2)16-11-13(8-9-20-16)29-12-6-7-14(19-3)15(10-12)22(25)26;1-3-23-15(20)18-14-9-11(6-7-17-14)24-10-4-5-12(16-2)13(8-10)19(21)22;1-14-10-3-2-8(6-11(10)16(17)18)19-9-4-5-15-12(13)7-9/h6-11,19H,4-5H2,1-3H3;4-9,16H,3H2,1-2H3,(H,17,18,20);2-7,14H,1H3,(H2,13,15). The first-order chi connectivity index (χ1) is 34.5. The number of pyridine rings is 3. The van der Waals surface area contributed by atoms with Crippen molar-refractivity contribution in [3.63, 3.8) is 0 Å². The van der Waals surface area contributed by atoms with Crippen LogP contribution >= 0.6 is 0 Å². The van der Waals surface area contributed by atoms with E-state index in [4.69, 9.17) is 34.2 Å². The van der Waals surface area contributed by atoms with Gasteiger partial charge in [0.15, 0.2) is 5.82 Å². The van der Waals surface area contributed by atoms with Crippen molar-refractivity contribution >= 4 is 69.9 Å². The number of rotatable bonds is 17. The third kappa shape index (κ3) is 16.0. The summed E-state index contributed by atoms with van der Waals surface area (Å²) < 4.78 is 31.2. The van der Waals surface area contributed by atoms with Gasteiger partial charge in [0.2, 0.25) is 0 Å². The number of ether oxygens (including phenoxy) is 6. The van der Waals surface area contributed by atoms with Gasteiger partial charge in [0, 0.05) is 57.9 Å². The van der Waals surface area contributed by atoms with Crippen LogP contribution in [-0.2, 0) is 14.2 Å². The number of aromatic nitrogens is 3. The SMILES string of the molecule is CCOC(=O)N(C(=O)OCC)c1cc(Oc2ccc(NC)c([N+](=O)[O-])c2)ccn1.CCOC(=O)Nc1cc(Oc2ccc(NC)c([N+](=O)[O-])c2)ccn1.CNc1ccc(Oc2ccnc(N)c2)cc1[N+](=O)[O-]. The summed E-state index contributed by atoms with van der Waals surface area (Å²) in [5.41, 5.74) is 6.33. The number of carbonyl (C=O) groups excluding carboxylic acids is 3. The van der Waals surface area contributed by atoms with E-state index in [0.717, 1.165) is 0 Å². The summed E-state index contributed by atoms with van der Waals surface area (Å²) in [6.45, 7) is 5.21. The Morgan fingerprint density at radius 1 is 0.528 bits per heavy atom. The quantitative estimate of drug-likeness (QED) is 0.0322. The molecule has 0 unspecified atom stereocenters. The first-order valence-corrected chi connectivity index (χ1v) is 21.2. The number of nitrogens with two attached hydrogens (primary N) is 1. The number of nitrogens with one attached hydrogen (secondary N) is 4. The van der Waals surface area contributed by atoms with E-state index < -0.39 is 33.0 Å². The minimum absolute atomic E-state index is 0.0480. The zero-order chi connectivity index (χ0) is 52.7. The van der Waals surface area contributed by atoms with Crippen LogP contribution in [0.1, 0.15) is 20.8 Å². The lowest BCUT2D eigenvalue weighted by Gasteiger charge is -2.18. The average Bonchev–Trinajstić information content (AvgIpc) is 3.35. The van der Waals surface area contributed by atoms with Crippen molar-refractivity contribution in [3.8, 4) is 34.5 Å². The van der Waals surface area contributed by atoms with Gasteiger partial charge in [-0.15, -0.1) is 0 Å². The van der Waals surface area contributed by atoms with Gasteiger partial charge in [0.05, 0.1) is 52.8 Å².